The van der Waals surface area contributed by atoms with Crippen LogP contribution in [-0.2, 0) is 13.6 Å². The second-order valence-corrected chi connectivity index (χ2v) is 22.9. The zero-order valence-electron chi connectivity index (χ0n) is 22.8. The van der Waals surface area contributed by atoms with Gasteiger partial charge in [0.15, 0.2) is 22.4 Å². The Bertz CT molecular complexity index is 640. The van der Waals surface area contributed by atoms with Crippen molar-refractivity contribution in [3.63, 3.8) is 0 Å². The van der Waals surface area contributed by atoms with E-state index in [4.69, 9.17) is 8.85 Å². The standard InChI is InChI=1S/C26H52O3Si2/c1-20(2)22(27)16-18-26(9)17-14-15-23(29-31(12,13)25(6,7)8)21(26)19-28-30(10,11)24(3,4)5/h21,23H,1,14-19H2,2-13H3/t21-,23-,26+/m1/s1. The maximum Gasteiger partial charge on any atom is 0.192 e. The number of ketones is 1. The SMILES string of the molecule is C=C(C)C(=O)CC[C@]1(C)CCC[C@@H](O[Si](C)(C)C(C)(C)C)[C@H]1CO[Si](C)(C)C(C)(C)C. The highest BCUT2D eigenvalue weighted by atomic mass is 28.4. The summed E-state index contributed by atoms with van der Waals surface area (Å²) in [5.41, 5.74) is 0.723. The number of allylic oxidation sites excluding steroid dienone is 1. The molecule has 0 N–H and O–H groups in total. The Labute approximate surface area is 196 Å². The third-order valence-electron chi connectivity index (χ3n) is 8.66. The van der Waals surface area contributed by atoms with E-state index in [1.54, 1.807) is 0 Å². The molecule has 0 aromatic heterocycles. The van der Waals surface area contributed by atoms with Crippen LogP contribution in [0.25, 0.3) is 0 Å². The lowest BCUT2D eigenvalue weighted by Gasteiger charge is -2.51. The highest BCUT2D eigenvalue weighted by Crippen LogP contribution is 2.49. The van der Waals surface area contributed by atoms with E-state index < -0.39 is 16.6 Å². The molecule has 182 valence electrons. The number of rotatable bonds is 9. The third kappa shape index (κ3) is 7.38. The van der Waals surface area contributed by atoms with Crippen molar-refractivity contribution >= 4 is 22.4 Å². The number of carbonyl (C=O) groups is 1. The third-order valence-corrected chi connectivity index (χ3v) is 17.7. The minimum Gasteiger partial charge on any atom is -0.416 e. The lowest BCUT2D eigenvalue weighted by molar-refractivity contribution is -0.117. The molecule has 0 aromatic carbocycles. The molecule has 0 aromatic rings. The zero-order chi connectivity index (χ0) is 24.5. The highest BCUT2D eigenvalue weighted by Gasteiger charge is 2.48. The lowest BCUT2D eigenvalue weighted by atomic mass is 9.64. The molecule has 0 aliphatic heterocycles. The van der Waals surface area contributed by atoms with Crippen molar-refractivity contribution < 1.29 is 13.6 Å². The largest absolute Gasteiger partial charge is 0.416 e. The van der Waals surface area contributed by atoms with Crippen LogP contribution in [0.1, 0.15) is 87.5 Å². The molecule has 0 amide bonds. The molecule has 1 fully saturated rings. The van der Waals surface area contributed by atoms with E-state index in [9.17, 15) is 4.79 Å². The minimum absolute atomic E-state index is 0.0543. The molecule has 5 heteroatoms. The molecule has 0 spiro atoms. The Kier molecular flexibility index (Phi) is 9.24. The number of hydrogen-bond acceptors (Lipinski definition) is 3. The zero-order valence-corrected chi connectivity index (χ0v) is 24.8. The quantitative estimate of drug-likeness (QED) is 0.253. The van der Waals surface area contributed by atoms with Crippen molar-refractivity contribution in [1.29, 1.82) is 0 Å². The van der Waals surface area contributed by atoms with Crippen LogP contribution in [0.3, 0.4) is 0 Å². The van der Waals surface area contributed by atoms with E-state index in [0.29, 0.717) is 17.9 Å². The van der Waals surface area contributed by atoms with Crippen LogP contribution in [0.15, 0.2) is 12.2 Å². The number of Topliss-reactive ketones (excluding diaryl/α,β-unsaturated/α-hetero) is 1. The van der Waals surface area contributed by atoms with Crippen LogP contribution in [0.4, 0.5) is 0 Å². The maximum absolute atomic E-state index is 12.4. The molecule has 0 unspecified atom stereocenters. The van der Waals surface area contributed by atoms with Crippen molar-refractivity contribution in [3.8, 4) is 0 Å². The molecule has 1 saturated carbocycles. The first-order valence-corrected chi connectivity index (χ1v) is 18.1. The van der Waals surface area contributed by atoms with Gasteiger partial charge in [0.05, 0.1) is 6.10 Å². The van der Waals surface area contributed by atoms with Crippen LogP contribution < -0.4 is 0 Å². The fraction of sp³-hybridized carbons (Fsp3) is 0.885. The smallest absolute Gasteiger partial charge is 0.192 e. The van der Waals surface area contributed by atoms with Gasteiger partial charge in [-0.05, 0) is 73.4 Å². The summed E-state index contributed by atoms with van der Waals surface area (Å²) in [6.45, 7) is 32.0. The van der Waals surface area contributed by atoms with Crippen LogP contribution in [-0.4, -0.2) is 35.1 Å². The molecular weight excluding hydrogens is 416 g/mol. The second-order valence-electron chi connectivity index (χ2n) is 13.3. The van der Waals surface area contributed by atoms with Crippen LogP contribution in [0.5, 0.6) is 0 Å². The number of carbonyl (C=O) groups excluding carboxylic acids is 1. The minimum atomic E-state index is -1.90. The van der Waals surface area contributed by atoms with Gasteiger partial charge in [-0.25, -0.2) is 0 Å². The average molecular weight is 469 g/mol. The van der Waals surface area contributed by atoms with Gasteiger partial charge in [-0.2, -0.15) is 0 Å². The van der Waals surface area contributed by atoms with E-state index >= 15 is 0 Å². The average Bonchev–Trinajstić information content (AvgIpc) is 2.56. The molecular formula is C26H52O3Si2. The van der Waals surface area contributed by atoms with Gasteiger partial charge in [0.25, 0.3) is 0 Å². The van der Waals surface area contributed by atoms with E-state index in [-0.39, 0.29) is 27.4 Å². The summed E-state index contributed by atoms with van der Waals surface area (Å²) in [4.78, 5) is 12.4. The monoisotopic (exact) mass is 468 g/mol. The summed E-state index contributed by atoms with van der Waals surface area (Å²) >= 11 is 0. The van der Waals surface area contributed by atoms with Crippen LogP contribution in [0.2, 0.25) is 36.3 Å². The molecule has 0 heterocycles. The summed E-state index contributed by atoms with van der Waals surface area (Å²) in [6.07, 6.45) is 5.08. The maximum atomic E-state index is 12.4. The summed E-state index contributed by atoms with van der Waals surface area (Å²) in [6, 6.07) is 0. The summed E-state index contributed by atoms with van der Waals surface area (Å²) < 4.78 is 13.8. The van der Waals surface area contributed by atoms with Crippen molar-refractivity contribution in [2.24, 2.45) is 11.3 Å². The highest BCUT2D eigenvalue weighted by molar-refractivity contribution is 6.74. The fourth-order valence-corrected chi connectivity index (χ4v) is 6.41. The molecule has 1 rings (SSSR count). The Morgan fingerprint density at radius 2 is 1.55 bits per heavy atom. The van der Waals surface area contributed by atoms with Crippen molar-refractivity contribution in [2.75, 3.05) is 6.61 Å². The van der Waals surface area contributed by atoms with Gasteiger partial charge in [-0.15, -0.1) is 0 Å². The first kappa shape index (κ1) is 28.8. The van der Waals surface area contributed by atoms with Gasteiger partial charge in [0.2, 0.25) is 0 Å². The first-order valence-electron chi connectivity index (χ1n) is 12.2. The Balaban J connectivity index is 3.20. The molecule has 0 radical (unpaired) electrons. The van der Waals surface area contributed by atoms with Gasteiger partial charge < -0.3 is 8.85 Å². The summed E-state index contributed by atoms with van der Waals surface area (Å²) in [7, 11) is -3.76. The lowest BCUT2D eigenvalue weighted by Crippen LogP contribution is -2.53. The normalized spacial score (nSPS) is 26.1. The molecule has 3 nitrogen and oxygen atoms in total. The molecule has 3 atom stereocenters. The first-order chi connectivity index (χ1) is 13.7. The van der Waals surface area contributed by atoms with Crippen LogP contribution >= 0.6 is 0 Å². The number of hydrogen-bond donors (Lipinski definition) is 0. The van der Waals surface area contributed by atoms with Gasteiger partial charge >= 0.3 is 0 Å². The Morgan fingerprint density at radius 1 is 1.03 bits per heavy atom. The molecule has 1 aliphatic rings. The Morgan fingerprint density at radius 3 is 2.00 bits per heavy atom. The van der Waals surface area contributed by atoms with Crippen molar-refractivity contribution in [2.45, 2.75) is 130 Å². The summed E-state index contributed by atoms with van der Waals surface area (Å²) in [5.74, 6) is 0.514. The predicted octanol–water partition coefficient (Wildman–Crippen LogP) is 8.13. The van der Waals surface area contributed by atoms with Gasteiger partial charge in [0.1, 0.15) is 0 Å². The fourth-order valence-electron chi connectivity index (χ4n) is 3.98. The van der Waals surface area contributed by atoms with Crippen molar-refractivity contribution in [1.82, 2.24) is 0 Å². The second kappa shape index (κ2) is 9.94. The van der Waals surface area contributed by atoms with E-state index in [0.717, 1.165) is 32.3 Å². The predicted molar refractivity (Wildman–Crippen MR) is 140 cm³/mol. The van der Waals surface area contributed by atoms with Gasteiger partial charge in [-0.3, -0.25) is 4.79 Å². The van der Waals surface area contributed by atoms with E-state index in [2.05, 4.69) is 81.2 Å². The molecule has 1 aliphatic carbocycles. The summed E-state index contributed by atoms with van der Waals surface area (Å²) in [5, 5.41) is 0.366. The van der Waals surface area contributed by atoms with Gasteiger partial charge in [0, 0.05) is 18.9 Å². The van der Waals surface area contributed by atoms with E-state index in [1.165, 1.54) is 0 Å². The topological polar surface area (TPSA) is 35.5 Å². The Hall–Kier alpha value is -0.236. The molecule has 31 heavy (non-hydrogen) atoms. The van der Waals surface area contributed by atoms with Crippen LogP contribution in [0, 0.1) is 11.3 Å². The van der Waals surface area contributed by atoms with E-state index in [1.807, 2.05) is 6.92 Å². The van der Waals surface area contributed by atoms with Crippen molar-refractivity contribution in [3.05, 3.63) is 12.2 Å². The van der Waals surface area contributed by atoms with Gasteiger partial charge in [-0.1, -0.05) is 61.5 Å². The molecule has 0 bridgehead atoms. The molecule has 0 saturated heterocycles.